The van der Waals surface area contributed by atoms with Crippen LogP contribution >= 0.6 is 11.8 Å². The lowest BCUT2D eigenvalue weighted by Gasteiger charge is -2.17. The first-order valence-electron chi connectivity index (χ1n) is 5.40. The summed E-state index contributed by atoms with van der Waals surface area (Å²) >= 11 is 0.512. The Labute approximate surface area is 95.7 Å². The van der Waals surface area contributed by atoms with Crippen molar-refractivity contribution in [1.82, 2.24) is 5.32 Å². The van der Waals surface area contributed by atoms with E-state index in [9.17, 15) is 8.78 Å². The summed E-state index contributed by atoms with van der Waals surface area (Å²) in [4.78, 5) is 0. The Balaban J connectivity index is 3.47. The highest BCUT2D eigenvalue weighted by Gasteiger charge is 2.31. The van der Waals surface area contributed by atoms with Crippen LogP contribution in [0.1, 0.15) is 39.0 Å². The molecule has 1 N–H and O–H groups in total. The first kappa shape index (κ1) is 14.8. The van der Waals surface area contributed by atoms with Crippen molar-refractivity contribution in [1.29, 1.82) is 0 Å². The van der Waals surface area contributed by atoms with Crippen molar-refractivity contribution in [3.05, 3.63) is 12.3 Å². The predicted octanol–water partition coefficient (Wildman–Crippen LogP) is 4.02. The molecule has 0 amide bonds. The van der Waals surface area contributed by atoms with E-state index in [-0.39, 0.29) is 5.70 Å². The van der Waals surface area contributed by atoms with Crippen LogP contribution in [0.5, 0.6) is 0 Å². The van der Waals surface area contributed by atoms with E-state index in [2.05, 4.69) is 18.8 Å². The lowest BCUT2D eigenvalue weighted by molar-refractivity contribution is 0.140. The largest absolute Gasteiger partial charge is 0.383 e. The zero-order valence-corrected chi connectivity index (χ0v) is 10.4. The number of nitrogens with one attached hydrogen (secondary N) is 1. The van der Waals surface area contributed by atoms with Gasteiger partial charge in [0, 0.05) is 6.54 Å². The van der Waals surface area contributed by atoms with Gasteiger partial charge in [-0.3, -0.25) is 0 Å². The molecule has 0 saturated heterocycles. The van der Waals surface area contributed by atoms with Gasteiger partial charge in [-0.1, -0.05) is 50.9 Å². The Hall–Kier alpha value is -0.250. The third kappa shape index (κ3) is 6.77. The maximum Gasteiger partial charge on any atom is 0.332 e. The molecule has 0 bridgehead atoms. The molecule has 0 radical (unpaired) electrons. The number of alkyl halides is 2. The highest BCUT2D eigenvalue weighted by molar-refractivity contribution is 7.99. The smallest absolute Gasteiger partial charge is 0.332 e. The summed E-state index contributed by atoms with van der Waals surface area (Å²) in [6, 6.07) is 0. The molecule has 0 aliphatic rings. The number of unbranched alkanes of at least 4 members (excludes halogenated alkanes) is 4. The Morgan fingerprint density at radius 2 is 1.87 bits per heavy atom. The molecule has 15 heavy (non-hydrogen) atoms. The van der Waals surface area contributed by atoms with Crippen LogP contribution in [0.3, 0.4) is 0 Å². The van der Waals surface area contributed by atoms with Crippen molar-refractivity contribution < 1.29 is 8.78 Å². The fourth-order valence-electron chi connectivity index (χ4n) is 1.19. The molecule has 90 valence electrons. The van der Waals surface area contributed by atoms with Crippen molar-refractivity contribution in [2.75, 3.05) is 12.8 Å². The van der Waals surface area contributed by atoms with Gasteiger partial charge in [0.1, 0.15) is 0 Å². The van der Waals surface area contributed by atoms with Gasteiger partial charge in [-0.2, -0.15) is 8.78 Å². The Morgan fingerprint density at radius 3 is 2.40 bits per heavy atom. The van der Waals surface area contributed by atoms with Crippen molar-refractivity contribution in [2.45, 2.75) is 44.3 Å². The molecule has 0 spiro atoms. The number of thioether (sulfide) groups is 1. The molecule has 0 saturated carbocycles. The predicted molar refractivity (Wildman–Crippen MR) is 64.4 cm³/mol. The minimum atomic E-state index is -2.84. The summed E-state index contributed by atoms with van der Waals surface area (Å²) in [6.45, 7) is 6.10. The van der Waals surface area contributed by atoms with E-state index >= 15 is 0 Å². The molecule has 0 aromatic heterocycles. The van der Waals surface area contributed by atoms with Crippen LogP contribution in [0.2, 0.25) is 0 Å². The molecule has 0 aromatic rings. The average Bonchev–Trinajstić information content (AvgIpc) is 2.22. The van der Waals surface area contributed by atoms with Gasteiger partial charge in [0.25, 0.3) is 0 Å². The molecule has 0 aliphatic carbocycles. The molecular weight excluding hydrogens is 216 g/mol. The van der Waals surface area contributed by atoms with Gasteiger partial charge in [0.2, 0.25) is 0 Å². The summed E-state index contributed by atoms with van der Waals surface area (Å²) < 4.78 is 26.0. The summed E-state index contributed by atoms with van der Waals surface area (Å²) in [6.07, 6.45) is 7.02. The minimum absolute atomic E-state index is 0.175. The Morgan fingerprint density at radius 1 is 1.27 bits per heavy atom. The van der Waals surface area contributed by atoms with Gasteiger partial charge in [0.05, 0.1) is 5.70 Å². The van der Waals surface area contributed by atoms with E-state index in [1.807, 2.05) is 0 Å². The lowest BCUT2D eigenvalue weighted by atomic mass is 10.1. The Kier molecular flexibility index (Phi) is 7.83. The SMILES string of the molecule is C=C(NCCCCCCC)C(F)(F)SC. The molecule has 0 aliphatic heterocycles. The molecule has 4 heteroatoms. The quantitative estimate of drug-likeness (QED) is 0.608. The van der Waals surface area contributed by atoms with E-state index in [4.69, 9.17) is 0 Å². The van der Waals surface area contributed by atoms with Crippen LogP contribution < -0.4 is 5.32 Å². The number of rotatable bonds is 9. The van der Waals surface area contributed by atoms with Crippen LogP contribution in [0, 0.1) is 0 Å². The van der Waals surface area contributed by atoms with Crippen LogP contribution in [0.4, 0.5) is 8.78 Å². The lowest BCUT2D eigenvalue weighted by Crippen LogP contribution is -2.26. The summed E-state index contributed by atoms with van der Waals surface area (Å²) in [7, 11) is 0. The normalized spacial score (nSPS) is 11.5. The first-order valence-corrected chi connectivity index (χ1v) is 6.63. The van der Waals surface area contributed by atoms with E-state index in [1.165, 1.54) is 25.5 Å². The third-order valence-corrected chi connectivity index (χ3v) is 2.99. The molecular formula is C11H21F2NS. The molecule has 0 unspecified atom stereocenters. The molecule has 1 nitrogen and oxygen atoms in total. The zero-order valence-electron chi connectivity index (χ0n) is 9.61. The van der Waals surface area contributed by atoms with E-state index < -0.39 is 5.25 Å². The first-order chi connectivity index (χ1) is 7.04. The molecule has 0 aromatic carbocycles. The van der Waals surface area contributed by atoms with Gasteiger partial charge in [-0.05, 0) is 12.7 Å². The molecule has 0 rings (SSSR count). The van der Waals surface area contributed by atoms with Gasteiger partial charge in [-0.25, -0.2) is 0 Å². The highest BCUT2D eigenvalue weighted by atomic mass is 32.2. The van der Waals surface area contributed by atoms with Crippen LogP contribution in [-0.2, 0) is 0 Å². The number of hydrogen-bond acceptors (Lipinski definition) is 2. The van der Waals surface area contributed by atoms with Gasteiger partial charge in [-0.15, -0.1) is 0 Å². The fourth-order valence-corrected chi connectivity index (χ4v) is 1.51. The second kappa shape index (κ2) is 7.97. The van der Waals surface area contributed by atoms with Crippen LogP contribution in [0.15, 0.2) is 12.3 Å². The molecule has 0 fully saturated rings. The Bertz CT molecular complexity index is 183. The van der Waals surface area contributed by atoms with Gasteiger partial charge >= 0.3 is 5.25 Å². The van der Waals surface area contributed by atoms with Crippen molar-refractivity contribution >= 4 is 11.8 Å². The topological polar surface area (TPSA) is 12.0 Å². The molecule has 0 heterocycles. The second-order valence-corrected chi connectivity index (χ2v) is 4.46. The van der Waals surface area contributed by atoms with Crippen molar-refractivity contribution in [2.24, 2.45) is 0 Å². The maximum atomic E-state index is 13.0. The summed E-state index contributed by atoms with van der Waals surface area (Å²) in [5.74, 6) is 0. The average molecular weight is 237 g/mol. The van der Waals surface area contributed by atoms with E-state index in [1.54, 1.807) is 0 Å². The van der Waals surface area contributed by atoms with Crippen LogP contribution in [-0.4, -0.2) is 18.1 Å². The monoisotopic (exact) mass is 237 g/mol. The standard InChI is InChI=1S/C11H21F2NS/c1-4-5-6-7-8-9-14-10(2)11(12,13)15-3/h14H,2,4-9H2,1,3H3. The fraction of sp³-hybridized carbons (Fsp3) is 0.818. The molecule has 0 atom stereocenters. The highest BCUT2D eigenvalue weighted by Crippen LogP contribution is 2.31. The van der Waals surface area contributed by atoms with Crippen molar-refractivity contribution in [3.63, 3.8) is 0 Å². The summed E-state index contributed by atoms with van der Waals surface area (Å²) in [5.41, 5.74) is -0.175. The van der Waals surface area contributed by atoms with Crippen LogP contribution in [0.25, 0.3) is 0 Å². The minimum Gasteiger partial charge on any atom is -0.383 e. The van der Waals surface area contributed by atoms with E-state index in [0.717, 1.165) is 12.8 Å². The number of hydrogen-bond donors (Lipinski definition) is 1. The summed E-state index contributed by atoms with van der Waals surface area (Å²) in [5, 5.41) is -0.158. The van der Waals surface area contributed by atoms with Gasteiger partial charge in [0.15, 0.2) is 0 Å². The second-order valence-electron chi connectivity index (χ2n) is 3.54. The van der Waals surface area contributed by atoms with E-state index in [0.29, 0.717) is 18.3 Å². The number of halogens is 2. The third-order valence-electron chi connectivity index (χ3n) is 2.23. The zero-order chi connectivity index (χ0) is 11.7. The maximum absolute atomic E-state index is 13.0. The van der Waals surface area contributed by atoms with Gasteiger partial charge < -0.3 is 5.32 Å². The van der Waals surface area contributed by atoms with Crippen molar-refractivity contribution in [3.8, 4) is 0 Å².